The Kier molecular flexibility index (Phi) is 6.59. The van der Waals surface area contributed by atoms with Gasteiger partial charge in [-0.05, 0) is 18.9 Å². The Bertz CT molecular complexity index is 437. The largest absolute Gasteiger partial charge is 0.496 e. The quantitative estimate of drug-likeness (QED) is 0.813. The predicted molar refractivity (Wildman–Crippen MR) is 81.8 cm³/mol. The number of methoxy groups -OCH3 is 2. The van der Waals surface area contributed by atoms with E-state index in [-0.39, 0.29) is 18.1 Å². The zero-order valence-corrected chi connectivity index (χ0v) is 13.5. The molecular formula is C15H24ClNO3. The van der Waals surface area contributed by atoms with Crippen molar-refractivity contribution in [3.63, 3.8) is 0 Å². The van der Waals surface area contributed by atoms with Crippen LogP contribution in [0.1, 0.15) is 32.4 Å². The summed E-state index contributed by atoms with van der Waals surface area (Å²) in [6.45, 7) is 6.50. The molecule has 0 aromatic heterocycles. The number of rotatable bonds is 7. The molecule has 0 saturated heterocycles. The van der Waals surface area contributed by atoms with Gasteiger partial charge in [0.2, 0.25) is 0 Å². The monoisotopic (exact) mass is 301 g/mol. The Labute approximate surface area is 126 Å². The number of ether oxygens (including phenoxy) is 2. The molecule has 0 aliphatic carbocycles. The van der Waals surface area contributed by atoms with Crippen molar-refractivity contribution in [2.24, 2.45) is 5.92 Å². The summed E-state index contributed by atoms with van der Waals surface area (Å²) in [5, 5.41) is 13.7. The van der Waals surface area contributed by atoms with Crippen LogP contribution < -0.4 is 14.8 Å². The average molecular weight is 302 g/mol. The Morgan fingerprint density at radius 3 is 2.25 bits per heavy atom. The third-order valence-electron chi connectivity index (χ3n) is 3.37. The van der Waals surface area contributed by atoms with Crippen LogP contribution in [0.25, 0.3) is 0 Å². The molecule has 0 aliphatic rings. The topological polar surface area (TPSA) is 50.7 Å². The van der Waals surface area contributed by atoms with E-state index >= 15 is 0 Å². The maximum Gasteiger partial charge on any atom is 0.141 e. The Hall–Kier alpha value is -0.970. The highest BCUT2D eigenvalue weighted by Crippen LogP contribution is 2.35. The first-order valence-electron chi connectivity index (χ1n) is 6.73. The van der Waals surface area contributed by atoms with Gasteiger partial charge in [0.05, 0.1) is 25.3 Å². The first-order valence-corrected chi connectivity index (χ1v) is 7.11. The molecule has 1 rings (SSSR count). The molecule has 4 nitrogen and oxygen atoms in total. The maximum absolute atomic E-state index is 9.85. The van der Waals surface area contributed by atoms with Crippen molar-refractivity contribution >= 4 is 11.6 Å². The number of hydrogen-bond donors (Lipinski definition) is 2. The smallest absolute Gasteiger partial charge is 0.141 e. The zero-order chi connectivity index (χ0) is 15.3. The van der Waals surface area contributed by atoms with Crippen molar-refractivity contribution in [2.75, 3.05) is 20.8 Å². The minimum atomic E-state index is -0.378. The molecule has 1 aromatic rings. The fourth-order valence-electron chi connectivity index (χ4n) is 1.86. The summed E-state index contributed by atoms with van der Waals surface area (Å²) in [5.74, 6) is 1.52. The minimum Gasteiger partial charge on any atom is -0.496 e. The van der Waals surface area contributed by atoms with Gasteiger partial charge in [-0.25, -0.2) is 0 Å². The SMILES string of the molecule is COc1cc(OC)c(C(C)NCC(O)C(C)C)cc1Cl. The molecule has 5 heteroatoms. The van der Waals surface area contributed by atoms with E-state index in [1.807, 2.05) is 26.8 Å². The van der Waals surface area contributed by atoms with Crippen LogP contribution in [0, 0.1) is 5.92 Å². The van der Waals surface area contributed by atoms with E-state index in [1.165, 1.54) is 0 Å². The van der Waals surface area contributed by atoms with Crippen molar-refractivity contribution in [2.45, 2.75) is 32.9 Å². The second-order valence-corrected chi connectivity index (χ2v) is 5.58. The second-order valence-electron chi connectivity index (χ2n) is 5.17. The molecule has 0 saturated carbocycles. The van der Waals surface area contributed by atoms with Gasteiger partial charge in [-0.15, -0.1) is 0 Å². The molecule has 2 unspecified atom stereocenters. The molecule has 20 heavy (non-hydrogen) atoms. The second kappa shape index (κ2) is 7.72. The number of aliphatic hydroxyl groups is 1. The van der Waals surface area contributed by atoms with E-state index in [9.17, 15) is 5.11 Å². The first kappa shape index (κ1) is 17.1. The zero-order valence-electron chi connectivity index (χ0n) is 12.7. The number of benzene rings is 1. The summed E-state index contributed by atoms with van der Waals surface area (Å²) < 4.78 is 10.6. The highest BCUT2D eigenvalue weighted by atomic mass is 35.5. The highest BCUT2D eigenvalue weighted by molar-refractivity contribution is 6.32. The lowest BCUT2D eigenvalue weighted by molar-refractivity contribution is 0.120. The Morgan fingerprint density at radius 1 is 1.15 bits per heavy atom. The van der Waals surface area contributed by atoms with Gasteiger partial charge >= 0.3 is 0 Å². The van der Waals surface area contributed by atoms with Crippen molar-refractivity contribution in [1.29, 1.82) is 0 Å². The lowest BCUT2D eigenvalue weighted by Gasteiger charge is -2.22. The van der Waals surface area contributed by atoms with E-state index in [0.29, 0.717) is 23.1 Å². The lowest BCUT2D eigenvalue weighted by Crippen LogP contribution is -2.32. The van der Waals surface area contributed by atoms with Crippen molar-refractivity contribution in [1.82, 2.24) is 5.32 Å². The lowest BCUT2D eigenvalue weighted by atomic mass is 10.0. The maximum atomic E-state index is 9.85. The van der Waals surface area contributed by atoms with E-state index in [2.05, 4.69) is 5.32 Å². The van der Waals surface area contributed by atoms with Crippen LogP contribution in [-0.2, 0) is 0 Å². The number of hydrogen-bond acceptors (Lipinski definition) is 4. The molecule has 114 valence electrons. The fraction of sp³-hybridized carbons (Fsp3) is 0.600. The minimum absolute atomic E-state index is 0.0155. The van der Waals surface area contributed by atoms with Gasteiger partial charge in [0.1, 0.15) is 11.5 Å². The standard InChI is InChI=1S/C15H24ClNO3/c1-9(2)13(18)8-17-10(3)11-6-12(16)15(20-5)7-14(11)19-4/h6-7,9-10,13,17-18H,8H2,1-5H3. The molecule has 0 fully saturated rings. The van der Waals surface area contributed by atoms with Crippen molar-refractivity contribution in [3.05, 3.63) is 22.7 Å². The fourth-order valence-corrected chi connectivity index (χ4v) is 2.11. The molecule has 2 atom stereocenters. The summed E-state index contributed by atoms with van der Waals surface area (Å²) in [6.07, 6.45) is -0.378. The predicted octanol–water partition coefficient (Wildman–Crippen LogP) is 3.02. The van der Waals surface area contributed by atoms with Crippen LogP contribution >= 0.6 is 11.6 Å². The molecule has 0 spiro atoms. The van der Waals surface area contributed by atoms with Crippen LogP contribution in [0.4, 0.5) is 0 Å². The molecule has 0 amide bonds. The molecule has 0 radical (unpaired) electrons. The average Bonchev–Trinajstić information content (AvgIpc) is 2.43. The molecule has 2 N–H and O–H groups in total. The van der Waals surface area contributed by atoms with Gasteiger partial charge < -0.3 is 19.9 Å². The first-order chi connectivity index (χ1) is 9.40. The number of halogens is 1. The third kappa shape index (κ3) is 4.27. The summed E-state index contributed by atoms with van der Waals surface area (Å²) >= 11 is 6.16. The molecular weight excluding hydrogens is 278 g/mol. The van der Waals surface area contributed by atoms with E-state index < -0.39 is 0 Å². The van der Waals surface area contributed by atoms with Crippen molar-refractivity contribution < 1.29 is 14.6 Å². The van der Waals surface area contributed by atoms with Gasteiger partial charge in [0.25, 0.3) is 0 Å². The summed E-state index contributed by atoms with van der Waals surface area (Å²) in [7, 11) is 3.18. The van der Waals surface area contributed by atoms with Crippen molar-refractivity contribution in [3.8, 4) is 11.5 Å². The van der Waals surface area contributed by atoms with Crippen LogP contribution in [0.3, 0.4) is 0 Å². The summed E-state index contributed by atoms with van der Waals surface area (Å²) in [5.41, 5.74) is 0.939. The normalized spacial score (nSPS) is 14.2. The Morgan fingerprint density at radius 2 is 1.75 bits per heavy atom. The van der Waals surface area contributed by atoms with Gasteiger partial charge in [-0.2, -0.15) is 0 Å². The molecule has 0 heterocycles. The van der Waals surface area contributed by atoms with E-state index in [4.69, 9.17) is 21.1 Å². The highest BCUT2D eigenvalue weighted by Gasteiger charge is 2.17. The van der Waals surface area contributed by atoms with Crippen LogP contribution in [0.2, 0.25) is 5.02 Å². The van der Waals surface area contributed by atoms with Crippen LogP contribution in [0.15, 0.2) is 12.1 Å². The van der Waals surface area contributed by atoms with Gasteiger partial charge in [0, 0.05) is 24.2 Å². The van der Waals surface area contributed by atoms with Gasteiger partial charge in [-0.3, -0.25) is 0 Å². The van der Waals surface area contributed by atoms with E-state index in [0.717, 1.165) is 5.56 Å². The third-order valence-corrected chi connectivity index (χ3v) is 3.67. The molecule has 0 bridgehead atoms. The molecule has 1 aromatic carbocycles. The summed E-state index contributed by atoms with van der Waals surface area (Å²) in [4.78, 5) is 0. The number of nitrogens with one attached hydrogen (secondary N) is 1. The van der Waals surface area contributed by atoms with Gasteiger partial charge in [0.15, 0.2) is 0 Å². The van der Waals surface area contributed by atoms with Gasteiger partial charge in [-0.1, -0.05) is 25.4 Å². The van der Waals surface area contributed by atoms with Crippen LogP contribution in [0.5, 0.6) is 11.5 Å². The number of aliphatic hydroxyl groups excluding tert-OH is 1. The van der Waals surface area contributed by atoms with Crippen LogP contribution in [-0.4, -0.2) is 32.0 Å². The summed E-state index contributed by atoms with van der Waals surface area (Å²) in [6, 6.07) is 3.62. The Balaban J connectivity index is 2.86. The van der Waals surface area contributed by atoms with E-state index in [1.54, 1.807) is 20.3 Å². The molecule has 0 aliphatic heterocycles.